The first-order chi connectivity index (χ1) is 16.9. The van der Waals surface area contributed by atoms with Crippen LogP contribution in [0.25, 0.3) is 0 Å². The maximum Gasteiger partial charge on any atom is 0.229 e. The summed E-state index contributed by atoms with van der Waals surface area (Å²) in [5.41, 5.74) is 3.56. The number of halogens is 1. The minimum Gasteiger partial charge on any atom is -0.369 e. The van der Waals surface area contributed by atoms with E-state index >= 15 is 0 Å². The lowest BCUT2D eigenvalue weighted by atomic mass is 9.85. The molecule has 1 aliphatic carbocycles. The van der Waals surface area contributed by atoms with Crippen molar-refractivity contribution in [3.8, 4) is 0 Å². The minimum absolute atomic E-state index is 0.200. The number of hydrogen-bond donors (Lipinski definition) is 3. The van der Waals surface area contributed by atoms with E-state index in [0.29, 0.717) is 18.4 Å². The van der Waals surface area contributed by atoms with Gasteiger partial charge in [0.05, 0.1) is 4.47 Å². The van der Waals surface area contributed by atoms with Crippen LogP contribution in [0.1, 0.15) is 51.0 Å². The Bertz CT molecular complexity index is 1000. The van der Waals surface area contributed by atoms with Crippen molar-refractivity contribution in [3.05, 3.63) is 34.4 Å². The largest absolute Gasteiger partial charge is 0.369 e. The first kappa shape index (κ1) is 25.7. The van der Waals surface area contributed by atoms with Crippen molar-refractivity contribution in [3.63, 3.8) is 0 Å². The van der Waals surface area contributed by atoms with Gasteiger partial charge in [0.15, 0.2) is 0 Å². The highest BCUT2D eigenvalue weighted by molar-refractivity contribution is 9.10. The van der Waals surface area contributed by atoms with Crippen molar-refractivity contribution < 1.29 is 4.79 Å². The molecule has 0 spiro atoms. The summed E-state index contributed by atoms with van der Waals surface area (Å²) in [7, 11) is 2.18. The summed E-state index contributed by atoms with van der Waals surface area (Å²) in [6, 6.07) is 6.63. The maximum absolute atomic E-state index is 12.0. The fourth-order valence-corrected chi connectivity index (χ4v) is 4.73. The molecular formula is C26H38BrN7O. The number of nitrogens with one attached hydrogen (secondary N) is 3. The molecule has 0 radical (unpaired) electrons. The van der Waals surface area contributed by atoms with Gasteiger partial charge in [-0.25, -0.2) is 4.98 Å². The van der Waals surface area contributed by atoms with E-state index in [0.717, 1.165) is 68.0 Å². The van der Waals surface area contributed by atoms with Crippen LogP contribution in [-0.4, -0.2) is 67.1 Å². The highest BCUT2D eigenvalue weighted by Crippen LogP contribution is 2.32. The van der Waals surface area contributed by atoms with E-state index in [2.05, 4.69) is 90.7 Å². The molecule has 0 unspecified atom stereocenters. The zero-order chi connectivity index (χ0) is 24.8. The lowest BCUT2D eigenvalue weighted by molar-refractivity contribution is -0.127. The predicted octanol–water partition coefficient (Wildman–Crippen LogP) is 4.58. The average molecular weight is 545 g/mol. The van der Waals surface area contributed by atoms with Crippen molar-refractivity contribution in [2.24, 2.45) is 5.92 Å². The third kappa shape index (κ3) is 6.85. The molecule has 0 atom stereocenters. The molecular weight excluding hydrogens is 506 g/mol. The summed E-state index contributed by atoms with van der Waals surface area (Å²) in [5.74, 6) is 2.11. The number of aromatic nitrogens is 2. The van der Waals surface area contributed by atoms with E-state index < -0.39 is 0 Å². The second-order valence-corrected chi connectivity index (χ2v) is 10.8. The highest BCUT2D eigenvalue weighted by Gasteiger charge is 2.24. The highest BCUT2D eigenvalue weighted by atomic mass is 79.9. The molecule has 35 heavy (non-hydrogen) atoms. The molecule has 2 heterocycles. The fraction of sp³-hybridized carbons (Fsp3) is 0.577. The lowest BCUT2D eigenvalue weighted by Gasteiger charge is -2.34. The van der Waals surface area contributed by atoms with Gasteiger partial charge in [-0.15, -0.1) is 0 Å². The van der Waals surface area contributed by atoms with Gasteiger partial charge in [-0.2, -0.15) is 4.98 Å². The third-order valence-corrected chi connectivity index (χ3v) is 7.52. The second kappa shape index (κ2) is 12.0. The van der Waals surface area contributed by atoms with Crippen LogP contribution in [0.3, 0.4) is 0 Å². The minimum atomic E-state index is 0.200. The Morgan fingerprint density at radius 3 is 2.63 bits per heavy atom. The van der Waals surface area contributed by atoms with E-state index in [9.17, 15) is 4.79 Å². The molecule has 1 saturated heterocycles. The van der Waals surface area contributed by atoms with Crippen molar-refractivity contribution in [2.45, 2.75) is 45.4 Å². The summed E-state index contributed by atoms with van der Waals surface area (Å²) < 4.78 is 0.816. The third-order valence-electron chi connectivity index (χ3n) is 6.94. The topological polar surface area (TPSA) is 85.4 Å². The Balaban J connectivity index is 1.35. The number of carbonyl (C=O) groups is 1. The molecule has 190 valence electrons. The van der Waals surface area contributed by atoms with Crippen LogP contribution in [0.4, 0.5) is 23.1 Å². The first-order valence-corrected chi connectivity index (χ1v) is 13.6. The van der Waals surface area contributed by atoms with Crippen molar-refractivity contribution in [1.29, 1.82) is 0 Å². The van der Waals surface area contributed by atoms with Gasteiger partial charge in [0, 0.05) is 62.8 Å². The number of benzene rings is 1. The van der Waals surface area contributed by atoms with Gasteiger partial charge in [-0.05, 0) is 71.9 Å². The molecule has 8 nitrogen and oxygen atoms in total. The fourth-order valence-electron chi connectivity index (χ4n) is 4.40. The number of hydrogen-bond acceptors (Lipinski definition) is 7. The van der Waals surface area contributed by atoms with Crippen LogP contribution in [-0.2, 0) is 4.79 Å². The lowest BCUT2D eigenvalue weighted by Crippen LogP contribution is -2.44. The van der Waals surface area contributed by atoms with Crippen molar-refractivity contribution in [1.82, 2.24) is 20.2 Å². The van der Waals surface area contributed by atoms with Gasteiger partial charge in [-0.3, -0.25) is 4.79 Å². The number of amides is 1. The molecule has 9 heteroatoms. The molecule has 2 aromatic rings. The van der Waals surface area contributed by atoms with Crippen LogP contribution in [0.2, 0.25) is 0 Å². The van der Waals surface area contributed by atoms with Gasteiger partial charge in [-0.1, -0.05) is 20.3 Å². The molecule has 3 N–H and O–H groups in total. The standard InChI is InChI=1S/C26H38BrN7O/c1-18(2)21-16-20(34-14-12-33(3)13-15-34)8-9-23(21)31-26-30-17-22(27)24(32-26)28-10-5-11-29-25(35)19-6-4-7-19/h8-9,16-19H,4-7,10-15H2,1-3H3,(H,29,35)(H2,28,30,31,32). The Morgan fingerprint density at radius 1 is 1.17 bits per heavy atom. The number of anilines is 4. The van der Waals surface area contributed by atoms with E-state index in [-0.39, 0.29) is 11.8 Å². The Kier molecular flexibility index (Phi) is 8.83. The van der Waals surface area contributed by atoms with E-state index in [4.69, 9.17) is 0 Å². The van der Waals surface area contributed by atoms with Crippen LogP contribution >= 0.6 is 15.9 Å². The van der Waals surface area contributed by atoms with Crippen LogP contribution in [0.15, 0.2) is 28.9 Å². The maximum atomic E-state index is 12.0. The molecule has 2 aliphatic rings. The summed E-state index contributed by atoms with van der Waals surface area (Å²) in [5, 5.41) is 9.83. The van der Waals surface area contributed by atoms with Crippen LogP contribution in [0.5, 0.6) is 0 Å². The predicted molar refractivity (Wildman–Crippen MR) is 147 cm³/mol. The van der Waals surface area contributed by atoms with Gasteiger partial charge < -0.3 is 25.8 Å². The smallest absolute Gasteiger partial charge is 0.229 e. The number of likely N-dealkylation sites (N-methyl/N-ethyl adjacent to an activating group) is 1. The number of carbonyl (C=O) groups excluding carboxylic acids is 1. The molecule has 1 aliphatic heterocycles. The SMILES string of the molecule is CC(C)c1cc(N2CCN(C)CC2)ccc1Nc1ncc(Br)c(NCCCNC(=O)C2CCC2)n1. The Labute approximate surface area is 217 Å². The molecule has 1 aromatic carbocycles. The van der Waals surface area contributed by atoms with E-state index in [1.807, 2.05) is 0 Å². The van der Waals surface area contributed by atoms with Crippen molar-refractivity contribution >= 4 is 45.0 Å². The van der Waals surface area contributed by atoms with Crippen LogP contribution < -0.4 is 20.9 Å². The Morgan fingerprint density at radius 2 is 1.94 bits per heavy atom. The summed E-state index contributed by atoms with van der Waals surface area (Å²) in [4.78, 5) is 26.0. The molecule has 0 bridgehead atoms. The van der Waals surface area contributed by atoms with Gasteiger partial charge >= 0.3 is 0 Å². The number of piperazine rings is 1. The number of nitrogens with zero attached hydrogens (tertiary/aromatic N) is 4. The summed E-state index contributed by atoms with van der Waals surface area (Å²) in [6.07, 6.45) is 5.85. The number of rotatable bonds is 10. The van der Waals surface area contributed by atoms with E-state index in [1.165, 1.54) is 17.7 Å². The average Bonchev–Trinajstić information content (AvgIpc) is 2.80. The quantitative estimate of drug-likeness (QED) is 0.378. The second-order valence-electron chi connectivity index (χ2n) is 9.93. The molecule has 4 rings (SSSR count). The molecule has 2 fully saturated rings. The van der Waals surface area contributed by atoms with Crippen molar-refractivity contribution in [2.75, 3.05) is 61.8 Å². The first-order valence-electron chi connectivity index (χ1n) is 12.8. The van der Waals surface area contributed by atoms with Gasteiger partial charge in [0.2, 0.25) is 11.9 Å². The molecule has 1 saturated carbocycles. The van der Waals surface area contributed by atoms with Gasteiger partial charge in [0.25, 0.3) is 0 Å². The van der Waals surface area contributed by atoms with Crippen LogP contribution in [0, 0.1) is 5.92 Å². The Hall–Kier alpha value is -2.39. The summed E-state index contributed by atoms with van der Waals surface area (Å²) in [6.45, 7) is 10.1. The van der Waals surface area contributed by atoms with E-state index in [1.54, 1.807) is 6.20 Å². The zero-order valence-corrected chi connectivity index (χ0v) is 22.7. The molecule has 1 amide bonds. The summed E-state index contributed by atoms with van der Waals surface area (Å²) >= 11 is 3.55. The normalized spacial score (nSPS) is 16.8. The zero-order valence-electron chi connectivity index (χ0n) is 21.1. The molecule has 1 aromatic heterocycles. The van der Waals surface area contributed by atoms with Gasteiger partial charge in [0.1, 0.15) is 5.82 Å². The monoisotopic (exact) mass is 543 g/mol.